The summed E-state index contributed by atoms with van der Waals surface area (Å²) in [7, 11) is 0. The molecular formula is C14H18F2N2O3. The Morgan fingerprint density at radius 2 is 2.19 bits per heavy atom. The van der Waals surface area contributed by atoms with Gasteiger partial charge in [0.2, 0.25) is 0 Å². The highest BCUT2D eigenvalue weighted by atomic mass is 19.3. The molecule has 3 unspecified atom stereocenters. The minimum absolute atomic E-state index is 0.0483. The van der Waals surface area contributed by atoms with Crippen molar-refractivity contribution in [2.24, 2.45) is 5.73 Å². The van der Waals surface area contributed by atoms with Gasteiger partial charge in [-0.25, -0.2) is 0 Å². The average Bonchev–Trinajstić information content (AvgIpc) is 2.44. The lowest BCUT2D eigenvalue weighted by Crippen LogP contribution is -2.64. The molecule has 1 amide bonds. The first-order valence-electron chi connectivity index (χ1n) is 6.74. The molecule has 116 valence electrons. The number of para-hydroxylation sites is 1. The summed E-state index contributed by atoms with van der Waals surface area (Å²) in [6.45, 7) is -0.607. The maximum Gasteiger partial charge on any atom is 0.387 e. The fourth-order valence-corrected chi connectivity index (χ4v) is 2.31. The van der Waals surface area contributed by atoms with Crippen LogP contribution in [-0.4, -0.2) is 37.3 Å². The van der Waals surface area contributed by atoms with E-state index in [9.17, 15) is 13.6 Å². The Bertz CT molecular complexity index is 497. The standard InChI is InChI=1S/C14H18F2N2O3/c1-2-20-11-7-9(17)12(11)18-13(19)8-5-3-4-6-10(8)21-14(15)16/h3-6,9,11-12,14H,2,7,17H2,1H3,(H,18,19). The molecule has 21 heavy (non-hydrogen) atoms. The minimum Gasteiger partial charge on any atom is -0.434 e. The van der Waals surface area contributed by atoms with E-state index in [1.807, 2.05) is 6.92 Å². The molecule has 0 radical (unpaired) electrons. The van der Waals surface area contributed by atoms with Crippen LogP contribution in [0.15, 0.2) is 24.3 Å². The van der Waals surface area contributed by atoms with E-state index in [0.29, 0.717) is 13.0 Å². The number of alkyl halides is 2. The Morgan fingerprint density at radius 1 is 1.48 bits per heavy atom. The number of carbonyl (C=O) groups excluding carboxylic acids is 1. The third kappa shape index (κ3) is 3.68. The van der Waals surface area contributed by atoms with E-state index in [1.165, 1.54) is 18.2 Å². The zero-order valence-corrected chi connectivity index (χ0v) is 11.6. The van der Waals surface area contributed by atoms with Gasteiger partial charge in [-0.15, -0.1) is 0 Å². The number of nitrogens with one attached hydrogen (secondary N) is 1. The number of amides is 1. The van der Waals surface area contributed by atoms with Crippen LogP contribution in [0.2, 0.25) is 0 Å². The molecule has 5 nitrogen and oxygen atoms in total. The van der Waals surface area contributed by atoms with Gasteiger partial charge in [0.25, 0.3) is 5.91 Å². The van der Waals surface area contributed by atoms with Gasteiger partial charge < -0.3 is 20.5 Å². The molecule has 1 aliphatic carbocycles. The molecule has 0 bridgehead atoms. The molecule has 7 heteroatoms. The van der Waals surface area contributed by atoms with Crippen molar-refractivity contribution >= 4 is 5.91 Å². The SMILES string of the molecule is CCOC1CC(N)C1NC(=O)c1ccccc1OC(F)F. The van der Waals surface area contributed by atoms with Crippen molar-refractivity contribution < 1.29 is 23.0 Å². The molecule has 1 aromatic rings. The largest absolute Gasteiger partial charge is 0.434 e. The van der Waals surface area contributed by atoms with Crippen molar-refractivity contribution in [3.8, 4) is 5.75 Å². The predicted octanol–water partition coefficient (Wildman–Crippen LogP) is 1.52. The topological polar surface area (TPSA) is 73.6 Å². The van der Waals surface area contributed by atoms with Crippen LogP contribution in [0.4, 0.5) is 8.78 Å². The first-order valence-corrected chi connectivity index (χ1v) is 6.74. The van der Waals surface area contributed by atoms with Crippen molar-refractivity contribution in [2.45, 2.75) is 38.1 Å². The molecule has 0 aliphatic heterocycles. The second kappa shape index (κ2) is 6.82. The van der Waals surface area contributed by atoms with Crippen molar-refractivity contribution in [2.75, 3.05) is 6.61 Å². The summed E-state index contributed by atoms with van der Waals surface area (Å²) >= 11 is 0. The number of rotatable bonds is 6. The lowest BCUT2D eigenvalue weighted by Gasteiger charge is -2.42. The summed E-state index contributed by atoms with van der Waals surface area (Å²) in [6.07, 6.45) is 0.519. The van der Waals surface area contributed by atoms with Gasteiger partial charge in [0.15, 0.2) is 0 Å². The van der Waals surface area contributed by atoms with Gasteiger partial charge in [-0.3, -0.25) is 4.79 Å². The molecule has 1 aliphatic rings. The van der Waals surface area contributed by atoms with Gasteiger partial charge >= 0.3 is 6.61 Å². The summed E-state index contributed by atoms with van der Waals surface area (Å²) < 4.78 is 34.5. The molecule has 0 saturated heterocycles. The lowest BCUT2D eigenvalue weighted by molar-refractivity contribution is -0.0504. The summed E-state index contributed by atoms with van der Waals surface area (Å²) in [6, 6.07) is 5.32. The predicted molar refractivity (Wildman–Crippen MR) is 72.3 cm³/mol. The van der Waals surface area contributed by atoms with Gasteiger partial charge in [0.1, 0.15) is 5.75 Å². The Hall–Kier alpha value is -1.73. The Morgan fingerprint density at radius 3 is 2.81 bits per heavy atom. The third-order valence-corrected chi connectivity index (χ3v) is 3.39. The second-order valence-electron chi connectivity index (χ2n) is 4.77. The third-order valence-electron chi connectivity index (χ3n) is 3.39. The Labute approximate surface area is 121 Å². The van der Waals surface area contributed by atoms with Crippen molar-refractivity contribution in [3.63, 3.8) is 0 Å². The van der Waals surface area contributed by atoms with Crippen LogP contribution >= 0.6 is 0 Å². The molecule has 2 rings (SSSR count). The zero-order chi connectivity index (χ0) is 15.4. The molecule has 0 heterocycles. The molecule has 3 N–H and O–H groups in total. The number of hydrogen-bond donors (Lipinski definition) is 2. The number of carbonyl (C=O) groups is 1. The Balaban J connectivity index is 2.06. The quantitative estimate of drug-likeness (QED) is 0.835. The number of ether oxygens (including phenoxy) is 2. The highest BCUT2D eigenvalue weighted by Gasteiger charge is 2.40. The molecule has 3 atom stereocenters. The monoisotopic (exact) mass is 300 g/mol. The first kappa shape index (κ1) is 15.7. The number of benzene rings is 1. The molecule has 1 saturated carbocycles. The van der Waals surface area contributed by atoms with Gasteiger partial charge in [-0.2, -0.15) is 8.78 Å². The lowest BCUT2D eigenvalue weighted by atomic mass is 9.83. The van der Waals surface area contributed by atoms with Crippen LogP contribution in [-0.2, 0) is 4.74 Å². The normalized spacial score (nSPS) is 24.5. The number of halogens is 2. The molecule has 0 aromatic heterocycles. The minimum atomic E-state index is -2.99. The number of hydrogen-bond acceptors (Lipinski definition) is 4. The van der Waals surface area contributed by atoms with E-state index in [1.54, 1.807) is 6.07 Å². The maximum absolute atomic E-state index is 12.3. The van der Waals surface area contributed by atoms with Crippen LogP contribution in [0, 0.1) is 0 Å². The van der Waals surface area contributed by atoms with E-state index >= 15 is 0 Å². The summed E-state index contributed by atoms with van der Waals surface area (Å²) in [5.74, 6) is -0.665. The first-order chi connectivity index (χ1) is 10.0. The highest BCUT2D eigenvalue weighted by Crippen LogP contribution is 2.25. The Kier molecular flexibility index (Phi) is 5.08. The van der Waals surface area contributed by atoms with Crippen molar-refractivity contribution in [1.29, 1.82) is 0 Å². The van der Waals surface area contributed by atoms with Gasteiger partial charge in [-0.05, 0) is 25.5 Å². The van der Waals surface area contributed by atoms with Crippen molar-refractivity contribution in [1.82, 2.24) is 5.32 Å². The molecule has 1 fully saturated rings. The average molecular weight is 300 g/mol. The fourth-order valence-electron chi connectivity index (χ4n) is 2.31. The number of nitrogens with two attached hydrogens (primary N) is 1. The molecular weight excluding hydrogens is 282 g/mol. The summed E-state index contributed by atoms with van der Waals surface area (Å²) in [5.41, 5.74) is 5.89. The second-order valence-corrected chi connectivity index (χ2v) is 4.77. The van der Waals surface area contributed by atoms with Gasteiger partial charge in [-0.1, -0.05) is 12.1 Å². The smallest absolute Gasteiger partial charge is 0.387 e. The van der Waals surface area contributed by atoms with E-state index in [4.69, 9.17) is 10.5 Å². The van der Waals surface area contributed by atoms with E-state index in [-0.39, 0.29) is 29.5 Å². The van der Waals surface area contributed by atoms with Crippen LogP contribution in [0.25, 0.3) is 0 Å². The molecule has 1 aromatic carbocycles. The molecule has 0 spiro atoms. The van der Waals surface area contributed by atoms with Crippen LogP contribution in [0.3, 0.4) is 0 Å². The van der Waals surface area contributed by atoms with E-state index in [0.717, 1.165) is 0 Å². The van der Waals surface area contributed by atoms with E-state index < -0.39 is 12.5 Å². The van der Waals surface area contributed by atoms with Gasteiger partial charge in [0, 0.05) is 12.6 Å². The van der Waals surface area contributed by atoms with Crippen LogP contribution in [0.1, 0.15) is 23.7 Å². The van der Waals surface area contributed by atoms with E-state index in [2.05, 4.69) is 10.1 Å². The zero-order valence-electron chi connectivity index (χ0n) is 11.6. The fraction of sp³-hybridized carbons (Fsp3) is 0.500. The van der Waals surface area contributed by atoms with Crippen molar-refractivity contribution in [3.05, 3.63) is 29.8 Å². The van der Waals surface area contributed by atoms with Crippen LogP contribution < -0.4 is 15.8 Å². The summed E-state index contributed by atoms with van der Waals surface area (Å²) in [4.78, 5) is 12.2. The maximum atomic E-state index is 12.3. The summed E-state index contributed by atoms with van der Waals surface area (Å²) in [5, 5.41) is 2.72. The highest BCUT2D eigenvalue weighted by molar-refractivity contribution is 5.97. The van der Waals surface area contributed by atoms with Crippen LogP contribution in [0.5, 0.6) is 5.75 Å². The van der Waals surface area contributed by atoms with Gasteiger partial charge in [0.05, 0.1) is 17.7 Å².